The summed E-state index contributed by atoms with van der Waals surface area (Å²) in [7, 11) is 1.30. The summed E-state index contributed by atoms with van der Waals surface area (Å²) in [6.07, 6.45) is 1.25. The molecule has 0 aliphatic heterocycles. The predicted molar refractivity (Wildman–Crippen MR) is 100 cm³/mol. The highest BCUT2D eigenvalue weighted by molar-refractivity contribution is 6.06. The van der Waals surface area contributed by atoms with Crippen LogP contribution >= 0.6 is 0 Å². The van der Waals surface area contributed by atoms with E-state index in [-0.39, 0.29) is 16.9 Å². The van der Waals surface area contributed by atoms with Crippen molar-refractivity contribution in [2.75, 3.05) is 12.4 Å². The fourth-order valence-corrected chi connectivity index (χ4v) is 2.19. The molecule has 0 atom stereocenters. The largest absolute Gasteiger partial charge is 0.465 e. The number of nitro benzene ring substituents is 1. The van der Waals surface area contributed by atoms with Gasteiger partial charge in [0.2, 0.25) is 0 Å². The van der Waals surface area contributed by atoms with Gasteiger partial charge in [-0.2, -0.15) is 5.26 Å². The summed E-state index contributed by atoms with van der Waals surface area (Å²) in [6, 6.07) is 13.8. The van der Waals surface area contributed by atoms with E-state index >= 15 is 0 Å². The number of nitriles is 1. The van der Waals surface area contributed by atoms with Gasteiger partial charge in [-0.05, 0) is 23.8 Å². The number of carbonyl (C=O) groups excluding carboxylic acids is 2. The Balaban J connectivity index is 1.98. The molecular formula is C19H16N4O5. The van der Waals surface area contributed by atoms with Crippen LogP contribution in [0, 0.1) is 21.4 Å². The van der Waals surface area contributed by atoms with E-state index < -0.39 is 16.8 Å². The van der Waals surface area contributed by atoms with Gasteiger partial charge in [0.1, 0.15) is 11.6 Å². The highest BCUT2D eigenvalue weighted by atomic mass is 16.6. The first-order valence-electron chi connectivity index (χ1n) is 8.01. The van der Waals surface area contributed by atoms with Gasteiger partial charge in [-0.25, -0.2) is 4.79 Å². The zero-order chi connectivity index (χ0) is 20.5. The van der Waals surface area contributed by atoms with Gasteiger partial charge in [0.05, 0.1) is 17.6 Å². The molecule has 0 aromatic heterocycles. The monoisotopic (exact) mass is 380 g/mol. The highest BCUT2D eigenvalue weighted by Gasteiger charge is 2.12. The van der Waals surface area contributed by atoms with Gasteiger partial charge in [-0.3, -0.25) is 14.9 Å². The summed E-state index contributed by atoms with van der Waals surface area (Å²) < 4.78 is 4.62. The van der Waals surface area contributed by atoms with Gasteiger partial charge in [0, 0.05) is 30.6 Å². The molecule has 2 aromatic carbocycles. The molecule has 1 amide bonds. The molecule has 0 saturated carbocycles. The van der Waals surface area contributed by atoms with Crippen LogP contribution in [0.1, 0.15) is 15.9 Å². The van der Waals surface area contributed by atoms with Gasteiger partial charge >= 0.3 is 5.97 Å². The number of non-ortho nitro benzene ring substituents is 1. The Morgan fingerprint density at radius 2 is 1.96 bits per heavy atom. The molecule has 0 saturated heterocycles. The molecule has 0 aliphatic rings. The van der Waals surface area contributed by atoms with Crippen LogP contribution in [0.2, 0.25) is 0 Å². The molecule has 0 unspecified atom stereocenters. The third-order valence-corrected chi connectivity index (χ3v) is 3.61. The zero-order valence-corrected chi connectivity index (χ0v) is 14.8. The number of esters is 1. The Hall–Kier alpha value is -4.19. The van der Waals surface area contributed by atoms with Gasteiger partial charge in [-0.15, -0.1) is 0 Å². The smallest absolute Gasteiger partial charge is 0.337 e. The van der Waals surface area contributed by atoms with E-state index in [1.54, 1.807) is 30.3 Å². The third kappa shape index (κ3) is 5.40. The summed E-state index contributed by atoms with van der Waals surface area (Å²) in [5.74, 6) is -1.14. The second kappa shape index (κ2) is 9.49. The van der Waals surface area contributed by atoms with E-state index in [0.29, 0.717) is 12.1 Å². The average molecular weight is 380 g/mol. The molecule has 0 radical (unpaired) electrons. The maximum absolute atomic E-state index is 12.2. The van der Waals surface area contributed by atoms with E-state index in [9.17, 15) is 19.7 Å². The molecule has 0 aliphatic carbocycles. The van der Waals surface area contributed by atoms with Crippen molar-refractivity contribution >= 4 is 23.3 Å². The number of amides is 1. The number of nitro groups is 1. The zero-order valence-electron chi connectivity index (χ0n) is 14.8. The molecule has 9 heteroatoms. The van der Waals surface area contributed by atoms with Gasteiger partial charge in [0.25, 0.3) is 11.6 Å². The Labute approximate surface area is 160 Å². The normalized spacial score (nSPS) is 10.5. The quantitative estimate of drug-likeness (QED) is 0.248. The number of nitrogens with zero attached hydrogens (tertiary/aromatic N) is 2. The number of carbonyl (C=O) groups is 2. The van der Waals surface area contributed by atoms with Crippen molar-refractivity contribution in [3.05, 3.63) is 81.5 Å². The molecule has 28 heavy (non-hydrogen) atoms. The van der Waals surface area contributed by atoms with E-state index in [4.69, 9.17) is 5.26 Å². The molecule has 0 spiro atoms. The first-order valence-corrected chi connectivity index (χ1v) is 8.01. The first kappa shape index (κ1) is 20.1. The van der Waals surface area contributed by atoms with E-state index in [2.05, 4.69) is 15.4 Å². The Morgan fingerprint density at radius 3 is 2.57 bits per heavy atom. The van der Waals surface area contributed by atoms with Crippen LogP contribution in [-0.2, 0) is 16.1 Å². The van der Waals surface area contributed by atoms with E-state index in [1.807, 2.05) is 0 Å². The van der Waals surface area contributed by atoms with Crippen LogP contribution in [0.15, 0.2) is 60.3 Å². The number of hydrogen-bond acceptors (Lipinski definition) is 7. The van der Waals surface area contributed by atoms with Gasteiger partial charge in [0.15, 0.2) is 0 Å². The SMILES string of the molecule is COC(=O)c1ccc(CN/C=C(/C#N)C(=O)Nc2cccc([N+](=O)[O-])c2)cc1. The minimum absolute atomic E-state index is 0.172. The molecule has 2 N–H and O–H groups in total. The lowest BCUT2D eigenvalue weighted by Crippen LogP contribution is -2.16. The number of benzene rings is 2. The lowest BCUT2D eigenvalue weighted by molar-refractivity contribution is -0.384. The maximum atomic E-state index is 12.2. The third-order valence-electron chi connectivity index (χ3n) is 3.61. The van der Waals surface area contributed by atoms with Crippen LogP contribution < -0.4 is 10.6 Å². The minimum atomic E-state index is -0.698. The topological polar surface area (TPSA) is 134 Å². The number of anilines is 1. The van der Waals surface area contributed by atoms with Crippen molar-refractivity contribution in [2.45, 2.75) is 6.54 Å². The first-order chi connectivity index (χ1) is 13.4. The van der Waals surface area contributed by atoms with Crippen LogP contribution in [0.5, 0.6) is 0 Å². The van der Waals surface area contributed by atoms with Crippen molar-refractivity contribution in [1.29, 1.82) is 5.26 Å². The van der Waals surface area contributed by atoms with Crippen molar-refractivity contribution in [2.24, 2.45) is 0 Å². The van der Waals surface area contributed by atoms with Gasteiger partial charge < -0.3 is 15.4 Å². The van der Waals surface area contributed by atoms with Crippen LogP contribution in [0.3, 0.4) is 0 Å². The fourth-order valence-electron chi connectivity index (χ4n) is 2.19. The summed E-state index contributed by atoms with van der Waals surface area (Å²) in [5, 5.41) is 25.2. The average Bonchev–Trinajstić information content (AvgIpc) is 2.71. The minimum Gasteiger partial charge on any atom is -0.465 e. The van der Waals surface area contributed by atoms with E-state index in [1.165, 1.54) is 37.6 Å². The molecule has 2 rings (SSSR count). The molecule has 0 heterocycles. The van der Waals surface area contributed by atoms with Crippen molar-refractivity contribution in [3.63, 3.8) is 0 Å². The van der Waals surface area contributed by atoms with Gasteiger partial charge in [-0.1, -0.05) is 18.2 Å². The Bertz CT molecular complexity index is 961. The standard InChI is InChI=1S/C19H16N4O5/c1-28-19(25)14-7-5-13(6-8-14)11-21-12-15(10-20)18(24)22-16-3-2-4-17(9-16)23(26)27/h2-9,12,21H,11H2,1H3,(H,22,24)/b15-12-. The van der Waals surface area contributed by atoms with Crippen molar-refractivity contribution in [1.82, 2.24) is 5.32 Å². The molecule has 0 bridgehead atoms. The molecular weight excluding hydrogens is 364 g/mol. The molecule has 0 fully saturated rings. The number of ether oxygens (including phenoxy) is 1. The van der Waals surface area contributed by atoms with Crippen LogP contribution in [0.25, 0.3) is 0 Å². The Kier molecular flexibility index (Phi) is 6.82. The molecule has 142 valence electrons. The summed E-state index contributed by atoms with van der Waals surface area (Å²) >= 11 is 0. The summed E-state index contributed by atoms with van der Waals surface area (Å²) in [6.45, 7) is 0.316. The van der Waals surface area contributed by atoms with Crippen molar-refractivity contribution < 1.29 is 19.2 Å². The maximum Gasteiger partial charge on any atom is 0.337 e. The van der Waals surface area contributed by atoms with Crippen LogP contribution in [0.4, 0.5) is 11.4 Å². The number of methoxy groups -OCH3 is 1. The number of hydrogen-bond donors (Lipinski definition) is 2. The Morgan fingerprint density at radius 1 is 1.25 bits per heavy atom. The fraction of sp³-hybridized carbons (Fsp3) is 0.105. The lowest BCUT2D eigenvalue weighted by atomic mass is 10.1. The summed E-state index contributed by atoms with van der Waals surface area (Å²) in [4.78, 5) is 33.7. The van der Waals surface area contributed by atoms with Crippen molar-refractivity contribution in [3.8, 4) is 6.07 Å². The summed E-state index contributed by atoms with van der Waals surface area (Å²) in [5.41, 5.74) is 1.07. The second-order valence-electron chi connectivity index (χ2n) is 5.50. The molecule has 9 nitrogen and oxygen atoms in total. The highest BCUT2D eigenvalue weighted by Crippen LogP contribution is 2.17. The molecule has 2 aromatic rings. The predicted octanol–water partition coefficient (Wildman–Crippen LogP) is 2.52. The van der Waals surface area contributed by atoms with E-state index in [0.717, 1.165) is 5.56 Å². The number of rotatable bonds is 7. The number of nitrogens with one attached hydrogen (secondary N) is 2. The van der Waals surface area contributed by atoms with Crippen LogP contribution in [-0.4, -0.2) is 23.9 Å². The second-order valence-corrected chi connectivity index (χ2v) is 5.50. The lowest BCUT2D eigenvalue weighted by Gasteiger charge is -2.06.